The average Bonchev–Trinajstić information content (AvgIpc) is 3.23. The van der Waals surface area contributed by atoms with E-state index in [4.69, 9.17) is 0 Å². The van der Waals surface area contributed by atoms with Gasteiger partial charge < -0.3 is 0 Å². The summed E-state index contributed by atoms with van der Waals surface area (Å²) in [5.74, 6) is 0.754. The van der Waals surface area contributed by atoms with Gasteiger partial charge in [0, 0.05) is 12.6 Å². The van der Waals surface area contributed by atoms with Gasteiger partial charge in [-0.05, 0) is 23.9 Å². The first kappa shape index (κ1) is 16.6. The number of hydrogen-bond acceptors (Lipinski definition) is 5. The van der Waals surface area contributed by atoms with Crippen LogP contribution >= 0.6 is 11.3 Å². The van der Waals surface area contributed by atoms with E-state index in [1.165, 1.54) is 19.3 Å². The second-order valence-electron chi connectivity index (χ2n) is 5.67. The number of unbranched alkanes of at least 4 members (excludes halogenated alkanes) is 4. The molecule has 0 unspecified atom stereocenters. The van der Waals surface area contributed by atoms with Gasteiger partial charge in [-0.25, -0.2) is 4.98 Å². The molecule has 0 aliphatic rings. The van der Waals surface area contributed by atoms with Crippen LogP contribution in [0.5, 0.6) is 0 Å². The number of nitrogens with one attached hydrogen (secondary N) is 1. The van der Waals surface area contributed by atoms with Gasteiger partial charge in [-0.3, -0.25) is 10.1 Å². The Kier molecular flexibility index (Phi) is 5.53. The van der Waals surface area contributed by atoms with Gasteiger partial charge in [0.25, 0.3) is 11.7 Å². The lowest BCUT2D eigenvalue weighted by atomic mass is 10.1. The second kappa shape index (κ2) is 8.01. The van der Waals surface area contributed by atoms with Crippen LogP contribution in [-0.4, -0.2) is 25.5 Å². The number of amides is 1. The zero-order chi connectivity index (χ0) is 16.8. The summed E-state index contributed by atoms with van der Waals surface area (Å²) in [5.41, 5.74) is 0.919. The fraction of sp³-hybridized carbons (Fsp3) is 0.412. The highest BCUT2D eigenvalue weighted by atomic mass is 32.1. The first-order valence-corrected chi connectivity index (χ1v) is 9.21. The van der Waals surface area contributed by atoms with Crippen molar-refractivity contribution in [3.63, 3.8) is 0 Å². The Balaban J connectivity index is 1.66. The van der Waals surface area contributed by atoms with Gasteiger partial charge in [0.1, 0.15) is 0 Å². The number of anilines is 1. The molecule has 3 rings (SSSR count). The summed E-state index contributed by atoms with van der Waals surface area (Å²) in [6.45, 7) is 2.18. The highest BCUT2D eigenvalue weighted by Gasteiger charge is 2.12. The third-order valence-electron chi connectivity index (χ3n) is 3.77. The van der Waals surface area contributed by atoms with E-state index in [-0.39, 0.29) is 5.91 Å². The van der Waals surface area contributed by atoms with Crippen LogP contribution < -0.4 is 5.32 Å². The highest BCUT2D eigenvalue weighted by Crippen LogP contribution is 2.24. The number of nitrogens with zero attached hydrogens (tertiary/aromatic N) is 4. The molecular weight excluding hydrogens is 322 g/mol. The predicted molar refractivity (Wildman–Crippen MR) is 96.1 cm³/mol. The molecule has 126 valence electrons. The van der Waals surface area contributed by atoms with Crippen molar-refractivity contribution in [2.45, 2.75) is 45.4 Å². The Morgan fingerprint density at radius 3 is 2.92 bits per heavy atom. The van der Waals surface area contributed by atoms with E-state index >= 15 is 0 Å². The molecule has 3 aromatic rings. The number of aromatic nitrogens is 4. The number of hydrogen-bond donors (Lipinski definition) is 1. The van der Waals surface area contributed by atoms with Gasteiger partial charge in [0.2, 0.25) is 5.91 Å². The monoisotopic (exact) mass is 343 g/mol. The fourth-order valence-electron chi connectivity index (χ4n) is 2.53. The quantitative estimate of drug-likeness (QED) is 0.624. The van der Waals surface area contributed by atoms with Crippen LogP contribution in [0.2, 0.25) is 0 Å². The minimum atomic E-state index is -0.0416. The lowest BCUT2D eigenvalue weighted by Crippen LogP contribution is -2.12. The van der Waals surface area contributed by atoms with Crippen LogP contribution in [0.25, 0.3) is 16.3 Å². The van der Waals surface area contributed by atoms with Crippen molar-refractivity contribution in [2.75, 3.05) is 5.32 Å². The van der Waals surface area contributed by atoms with Crippen LogP contribution in [-0.2, 0) is 4.79 Å². The third kappa shape index (κ3) is 3.97. The molecular formula is C17H21N5OS. The summed E-state index contributed by atoms with van der Waals surface area (Å²) in [6, 6.07) is 5.91. The minimum absolute atomic E-state index is 0.0416. The smallest absolute Gasteiger partial charge is 0.254 e. The zero-order valence-corrected chi connectivity index (χ0v) is 14.6. The van der Waals surface area contributed by atoms with Crippen molar-refractivity contribution < 1.29 is 4.79 Å². The van der Waals surface area contributed by atoms with Crippen molar-refractivity contribution in [1.29, 1.82) is 0 Å². The van der Waals surface area contributed by atoms with Crippen LogP contribution in [0, 0.1) is 0 Å². The van der Waals surface area contributed by atoms with E-state index in [1.54, 1.807) is 22.0 Å². The Morgan fingerprint density at radius 1 is 1.25 bits per heavy atom. The Hall–Kier alpha value is -2.28. The summed E-state index contributed by atoms with van der Waals surface area (Å²) < 4.78 is 1.67. The standard InChI is InChI=1S/C17H21N5OS/c1-2-3-4-5-6-9-15(23)19-16-20-17-18-11-10-13(22(17)21-16)14-8-7-12-24-14/h7-8,10-12H,2-6,9H2,1H3,(H,19,21,23). The van der Waals surface area contributed by atoms with E-state index in [1.807, 2.05) is 23.6 Å². The zero-order valence-electron chi connectivity index (χ0n) is 13.7. The maximum Gasteiger partial charge on any atom is 0.254 e. The molecule has 0 aromatic carbocycles. The van der Waals surface area contributed by atoms with E-state index in [2.05, 4.69) is 27.3 Å². The lowest BCUT2D eigenvalue weighted by Gasteiger charge is -2.01. The van der Waals surface area contributed by atoms with Crippen molar-refractivity contribution in [3.05, 3.63) is 29.8 Å². The molecule has 24 heavy (non-hydrogen) atoms. The molecule has 1 N–H and O–H groups in total. The molecule has 0 atom stereocenters. The molecule has 0 aliphatic heterocycles. The van der Waals surface area contributed by atoms with Gasteiger partial charge in [-0.15, -0.1) is 16.4 Å². The number of thiophene rings is 1. The topological polar surface area (TPSA) is 72.2 Å². The summed E-state index contributed by atoms with van der Waals surface area (Å²) in [6.07, 6.45) is 7.82. The van der Waals surface area contributed by atoms with Crippen molar-refractivity contribution >= 4 is 29.0 Å². The second-order valence-corrected chi connectivity index (χ2v) is 6.61. The van der Waals surface area contributed by atoms with E-state index in [0.29, 0.717) is 18.1 Å². The fourth-order valence-corrected chi connectivity index (χ4v) is 3.27. The van der Waals surface area contributed by atoms with E-state index in [0.717, 1.165) is 23.4 Å². The van der Waals surface area contributed by atoms with Gasteiger partial charge in [0.15, 0.2) is 0 Å². The van der Waals surface area contributed by atoms with E-state index in [9.17, 15) is 4.79 Å². The molecule has 0 fully saturated rings. The molecule has 0 spiro atoms. The highest BCUT2D eigenvalue weighted by molar-refractivity contribution is 7.13. The van der Waals surface area contributed by atoms with E-state index < -0.39 is 0 Å². The van der Waals surface area contributed by atoms with Crippen LogP contribution in [0.4, 0.5) is 5.95 Å². The molecule has 7 heteroatoms. The maximum absolute atomic E-state index is 12.0. The van der Waals surface area contributed by atoms with Crippen molar-refractivity contribution in [3.8, 4) is 10.6 Å². The molecule has 0 saturated carbocycles. The van der Waals surface area contributed by atoms with Crippen molar-refractivity contribution in [2.24, 2.45) is 0 Å². The molecule has 0 bridgehead atoms. The number of fused-ring (bicyclic) bond motifs is 1. The third-order valence-corrected chi connectivity index (χ3v) is 4.67. The average molecular weight is 343 g/mol. The maximum atomic E-state index is 12.0. The molecule has 3 aromatic heterocycles. The molecule has 0 aliphatic carbocycles. The van der Waals surface area contributed by atoms with Crippen LogP contribution in [0.1, 0.15) is 45.4 Å². The molecule has 3 heterocycles. The molecule has 0 saturated heterocycles. The van der Waals surface area contributed by atoms with Gasteiger partial charge >= 0.3 is 0 Å². The summed E-state index contributed by atoms with van der Waals surface area (Å²) in [5, 5.41) is 9.17. The minimum Gasteiger partial charge on any atom is -0.293 e. The van der Waals surface area contributed by atoms with Gasteiger partial charge in [-0.1, -0.05) is 38.7 Å². The van der Waals surface area contributed by atoms with Gasteiger partial charge in [0.05, 0.1) is 10.6 Å². The SMILES string of the molecule is CCCCCCCC(=O)Nc1nc2nccc(-c3cccs3)n2n1. The summed E-state index contributed by atoms with van der Waals surface area (Å²) in [7, 11) is 0. The first-order valence-electron chi connectivity index (χ1n) is 8.33. The van der Waals surface area contributed by atoms with Gasteiger partial charge in [-0.2, -0.15) is 9.50 Å². The Bertz CT molecular complexity index is 797. The molecule has 6 nitrogen and oxygen atoms in total. The van der Waals surface area contributed by atoms with Crippen molar-refractivity contribution in [1.82, 2.24) is 19.6 Å². The normalized spacial score (nSPS) is 11.0. The summed E-state index contributed by atoms with van der Waals surface area (Å²) in [4.78, 5) is 21.6. The molecule has 0 radical (unpaired) electrons. The Morgan fingerprint density at radius 2 is 2.12 bits per heavy atom. The lowest BCUT2D eigenvalue weighted by molar-refractivity contribution is -0.116. The number of rotatable bonds is 8. The summed E-state index contributed by atoms with van der Waals surface area (Å²) >= 11 is 1.63. The number of carbonyl (C=O) groups excluding carboxylic acids is 1. The number of carbonyl (C=O) groups is 1. The first-order chi connectivity index (χ1) is 11.8. The molecule has 1 amide bonds. The predicted octanol–water partition coefficient (Wildman–Crippen LogP) is 4.15. The van der Waals surface area contributed by atoms with Crippen LogP contribution in [0.15, 0.2) is 29.8 Å². The Labute approximate surface area is 145 Å². The largest absolute Gasteiger partial charge is 0.293 e. The van der Waals surface area contributed by atoms with Crippen LogP contribution in [0.3, 0.4) is 0 Å².